The van der Waals surface area contributed by atoms with Crippen LogP contribution in [0, 0.1) is 29.1 Å². The maximum atomic E-state index is 11.3. The largest absolute Gasteiger partial charge is 0.468 e. The van der Waals surface area contributed by atoms with Crippen molar-refractivity contribution < 1.29 is 14.3 Å². The van der Waals surface area contributed by atoms with Crippen LogP contribution in [-0.4, -0.2) is 18.9 Å². The molecule has 3 atom stereocenters. The lowest BCUT2D eigenvalue weighted by Gasteiger charge is -2.29. The van der Waals surface area contributed by atoms with Gasteiger partial charge in [0.15, 0.2) is 0 Å². The summed E-state index contributed by atoms with van der Waals surface area (Å²) in [5.41, 5.74) is 0. The SMILES string of the molecule is COC(=O)C(C#N)C1CC(=O)CCC1C. The number of ketones is 1. The van der Waals surface area contributed by atoms with Crippen molar-refractivity contribution in [1.29, 1.82) is 5.26 Å². The number of esters is 1. The Kier molecular flexibility index (Phi) is 3.84. The van der Waals surface area contributed by atoms with Crippen molar-refractivity contribution in [3.63, 3.8) is 0 Å². The number of nitrogens with zero attached hydrogens (tertiary/aromatic N) is 1. The molecule has 1 aliphatic carbocycles. The molecule has 0 heterocycles. The third-order valence-corrected chi connectivity index (χ3v) is 3.10. The number of carbonyl (C=O) groups is 2. The van der Waals surface area contributed by atoms with Crippen LogP contribution in [0.3, 0.4) is 0 Å². The Morgan fingerprint density at radius 2 is 2.33 bits per heavy atom. The van der Waals surface area contributed by atoms with Crippen molar-refractivity contribution in [3.8, 4) is 6.07 Å². The number of carbonyl (C=O) groups excluding carboxylic acids is 2. The molecule has 4 heteroatoms. The van der Waals surface area contributed by atoms with Crippen molar-refractivity contribution in [3.05, 3.63) is 0 Å². The van der Waals surface area contributed by atoms with Crippen LogP contribution in [-0.2, 0) is 14.3 Å². The Balaban J connectivity index is 2.78. The summed E-state index contributed by atoms with van der Waals surface area (Å²) in [7, 11) is 1.27. The molecule has 0 spiro atoms. The molecule has 0 aromatic heterocycles. The molecule has 1 fully saturated rings. The van der Waals surface area contributed by atoms with Crippen LogP contribution >= 0.6 is 0 Å². The molecule has 82 valence electrons. The molecule has 15 heavy (non-hydrogen) atoms. The van der Waals surface area contributed by atoms with Crippen LogP contribution < -0.4 is 0 Å². The van der Waals surface area contributed by atoms with Crippen molar-refractivity contribution in [2.75, 3.05) is 7.11 Å². The number of hydrogen-bond donors (Lipinski definition) is 0. The molecule has 0 saturated heterocycles. The summed E-state index contributed by atoms with van der Waals surface area (Å²) in [5, 5.41) is 8.92. The highest BCUT2D eigenvalue weighted by molar-refractivity contribution is 5.82. The van der Waals surface area contributed by atoms with Crippen LogP contribution in [0.1, 0.15) is 26.2 Å². The number of hydrogen-bond acceptors (Lipinski definition) is 4. The summed E-state index contributed by atoms with van der Waals surface area (Å²) in [6, 6.07) is 1.95. The number of methoxy groups -OCH3 is 1. The average molecular weight is 209 g/mol. The maximum Gasteiger partial charge on any atom is 0.323 e. The minimum Gasteiger partial charge on any atom is -0.468 e. The lowest BCUT2D eigenvalue weighted by molar-refractivity contribution is -0.146. The summed E-state index contributed by atoms with van der Waals surface area (Å²) >= 11 is 0. The van der Waals surface area contributed by atoms with Crippen LogP contribution in [0.15, 0.2) is 0 Å². The Morgan fingerprint density at radius 1 is 1.67 bits per heavy atom. The van der Waals surface area contributed by atoms with Gasteiger partial charge < -0.3 is 4.74 Å². The first-order valence-corrected chi connectivity index (χ1v) is 5.09. The molecule has 0 aromatic rings. The van der Waals surface area contributed by atoms with Crippen LogP contribution in [0.2, 0.25) is 0 Å². The van der Waals surface area contributed by atoms with E-state index >= 15 is 0 Å². The minimum absolute atomic E-state index is 0.141. The maximum absolute atomic E-state index is 11.3. The van der Waals surface area contributed by atoms with E-state index in [0.29, 0.717) is 12.8 Å². The molecular weight excluding hydrogens is 194 g/mol. The molecular formula is C11H15NO3. The quantitative estimate of drug-likeness (QED) is 0.643. The van der Waals surface area contributed by atoms with Gasteiger partial charge in [0, 0.05) is 12.8 Å². The Bertz CT molecular complexity index is 305. The molecule has 3 unspecified atom stereocenters. The van der Waals surface area contributed by atoms with E-state index in [1.165, 1.54) is 7.11 Å². The van der Waals surface area contributed by atoms with Crippen molar-refractivity contribution >= 4 is 11.8 Å². The molecule has 0 aromatic carbocycles. The van der Waals surface area contributed by atoms with Gasteiger partial charge in [0.1, 0.15) is 11.7 Å². The zero-order valence-corrected chi connectivity index (χ0v) is 9.03. The van der Waals surface area contributed by atoms with Gasteiger partial charge in [-0.1, -0.05) is 6.92 Å². The first-order chi connectivity index (χ1) is 7.10. The molecule has 1 saturated carbocycles. The molecule has 0 N–H and O–H groups in total. The molecule has 0 amide bonds. The first-order valence-electron chi connectivity index (χ1n) is 5.09. The van der Waals surface area contributed by atoms with Crippen LogP contribution in [0.25, 0.3) is 0 Å². The van der Waals surface area contributed by atoms with Gasteiger partial charge in [0.05, 0.1) is 13.2 Å². The van der Waals surface area contributed by atoms with Crippen molar-refractivity contribution in [2.24, 2.45) is 17.8 Å². The van der Waals surface area contributed by atoms with E-state index in [4.69, 9.17) is 5.26 Å². The molecule has 1 aliphatic rings. The molecule has 0 bridgehead atoms. The van der Waals surface area contributed by atoms with Gasteiger partial charge in [-0.3, -0.25) is 9.59 Å². The summed E-state index contributed by atoms with van der Waals surface area (Å²) in [5.74, 6) is -1.13. The highest BCUT2D eigenvalue weighted by atomic mass is 16.5. The van der Waals surface area contributed by atoms with Gasteiger partial charge >= 0.3 is 5.97 Å². The molecule has 1 rings (SSSR count). The predicted molar refractivity (Wildman–Crippen MR) is 52.6 cm³/mol. The smallest absolute Gasteiger partial charge is 0.323 e. The fourth-order valence-electron chi connectivity index (χ4n) is 2.07. The molecule has 0 aliphatic heterocycles. The Labute approximate surface area is 89.2 Å². The van der Waals surface area contributed by atoms with Gasteiger partial charge in [-0.05, 0) is 18.3 Å². The lowest BCUT2D eigenvalue weighted by atomic mass is 9.73. The van der Waals surface area contributed by atoms with Gasteiger partial charge in [-0.25, -0.2) is 0 Å². The number of ether oxygens (including phenoxy) is 1. The summed E-state index contributed by atoms with van der Waals surface area (Å²) in [4.78, 5) is 22.6. The second-order valence-electron chi connectivity index (χ2n) is 4.05. The fourth-order valence-corrected chi connectivity index (χ4v) is 2.07. The standard InChI is InChI=1S/C11H15NO3/c1-7-3-4-8(13)5-9(7)10(6-12)11(14)15-2/h7,9-10H,3-5H2,1-2H3. The summed E-state index contributed by atoms with van der Waals surface area (Å²) < 4.78 is 4.57. The minimum atomic E-state index is -0.797. The van der Waals surface area contributed by atoms with E-state index in [0.717, 1.165) is 6.42 Å². The topological polar surface area (TPSA) is 67.2 Å². The van der Waals surface area contributed by atoms with Crippen LogP contribution in [0.4, 0.5) is 0 Å². The van der Waals surface area contributed by atoms with E-state index in [2.05, 4.69) is 4.74 Å². The number of nitriles is 1. The number of Topliss-reactive ketones (excluding diaryl/α,β-unsaturated/α-hetero) is 1. The van der Waals surface area contributed by atoms with Crippen molar-refractivity contribution in [1.82, 2.24) is 0 Å². The summed E-state index contributed by atoms with van der Waals surface area (Å²) in [6.45, 7) is 1.98. The third-order valence-electron chi connectivity index (χ3n) is 3.10. The lowest BCUT2D eigenvalue weighted by Crippen LogP contribution is -2.33. The van der Waals surface area contributed by atoms with E-state index in [9.17, 15) is 9.59 Å². The van der Waals surface area contributed by atoms with E-state index in [1.807, 2.05) is 13.0 Å². The fraction of sp³-hybridized carbons (Fsp3) is 0.727. The predicted octanol–water partition coefficient (Wildman–Crippen LogP) is 1.30. The van der Waals surface area contributed by atoms with Crippen LogP contribution in [0.5, 0.6) is 0 Å². The average Bonchev–Trinajstić information content (AvgIpc) is 2.23. The van der Waals surface area contributed by atoms with E-state index < -0.39 is 11.9 Å². The normalized spacial score (nSPS) is 27.9. The Hall–Kier alpha value is -1.37. The van der Waals surface area contributed by atoms with Crippen molar-refractivity contribution in [2.45, 2.75) is 26.2 Å². The second-order valence-corrected chi connectivity index (χ2v) is 4.05. The molecule has 4 nitrogen and oxygen atoms in total. The van der Waals surface area contributed by atoms with E-state index in [-0.39, 0.29) is 17.6 Å². The van der Waals surface area contributed by atoms with E-state index in [1.54, 1.807) is 0 Å². The second kappa shape index (κ2) is 4.92. The van der Waals surface area contributed by atoms with Gasteiger partial charge in [0.25, 0.3) is 0 Å². The highest BCUT2D eigenvalue weighted by Gasteiger charge is 2.37. The zero-order valence-electron chi connectivity index (χ0n) is 9.03. The van der Waals surface area contributed by atoms with Gasteiger partial charge in [-0.15, -0.1) is 0 Å². The first kappa shape index (κ1) is 11.7. The molecule has 0 radical (unpaired) electrons. The zero-order chi connectivity index (χ0) is 11.4. The van der Waals surface area contributed by atoms with Gasteiger partial charge in [-0.2, -0.15) is 5.26 Å². The Morgan fingerprint density at radius 3 is 2.87 bits per heavy atom. The highest BCUT2D eigenvalue weighted by Crippen LogP contribution is 2.33. The monoisotopic (exact) mass is 209 g/mol. The third kappa shape index (κ3) is 2.56. The van der Waals surface area contributed by atoms with Gasteiger partial charge in [0.2, 0.25) is 0 Å². The number of rotatable bonds is 2. The summed E-state index contributed by atoms with van der Waals surface area (Å²) in [6.07, 6.45) is 1.66.